The van der Waals surface area contributed by atoms with Crippen LogP contribution >= 0.6 is 0 Å². The molecule has 0 aromatic carbocycles. The first-order valence-corrected chi connectivity index (χ1v) is 13.7. The molecule has 0 aromatic heterocycles. The van der Waals surface area contributed by atoms with Crippen molar-refractivity contribution in [3.05, 3.63) is 11.6 Å². The van der Waals surface area contributed by atoms with Crippen LogP contribution in [-0.4, -0.2) is 56.3 Å². The van der Waals surface area contributed by atoms with E-state index >= 15 is 0 Å². The monoisotopic (exact) mass is 509 g/mol. The van der Waals surface area contributed by atoms with Crippen molar-refractivity contribution in [2.75, 3.05) is 26.7 Å². The van der Waals surface area contributed by atoms with Gasteiger partial charge in [0.1, 0.15) is 6.29 Å². The molecule has 4 bridgehead atoms. The van der Waals surface area contributed by atoms with E-state index in [4.69, 9.17) is 9.47 Å². The molecule has 4 aliphatic carbocycles. The van der Waals surface area contributed by atoms with Gasteiger partial charge in [-0.1, -0.05) is 59.6 Å². The summed E-state index contributed by atoms with van der Waals surface area (Å²) in [6.07, 6.45) is 6.23. The van der Waals surface area contributed by atoms with Crippen LogP contribution in [0.3, 0.4) is 0 Å². The molecule has 4 fully saturated rings. The largest absolute Gasteiger partial charge is 1.00 e. The predicted molar refractivity (Wildman–Crippen MR) is 131 cm³/mol. The Hall–Kier alpha value is -0.240. The van der Waals surface area contributed by atoms with Gasteiger partial charge >= 0.3 is 29.6 Å². The average molecular weight is 510 g/mol. The van der Waals surface area contributed by atoms with Crippen LogP contribution < -0.4 is 34.7 Å². The third kappa shape index (κ3) is 3.64. The Morgan fingerprint density at radius 1 is 1.28 bits per heavy atom. The molecule has 5 aliphatic rings. The van der Waals surface area contributed by atoms with E-state index in [-0.39, 0.29) is 58.8 Å². The van der Waals surface area contributed by atoms with Gasteiger partial charge in [-0.15, -0.1) is 0 Å². The van der Waals surface area contributed by atoms with Gasteiger partial charge in [0.2, 0.25) is 0 Å². The Morgan fingerprint density at radius 2 is 1.97 bits per heavy atom. The Bertz CT molecular complexity index is 929. The van der Waals surface area contributed by atoms with Gasteiger partial charge in [0.05, 0.1) is 24.1 Å². The number of ether oxygens (including phenoxy) is 2. The van der Waals surface area contributed by atoms with E-state index in [1.807, 2.05) is 0 Å². The molecule has 3 saturated carbocycles. The zero-order chi connectivity index (χ0) is 25.6. The van der Waals surface area contributed by atoms with E-state index in [0.717, 1.165) is 37.7 Å². The van der Waals surface area contributed by atoms with Crippen LogP contribution in [0.15, 0.2) is 11.6 Å². The molecule has 5 rings (SSSR count). The van der Waals surface area contributed by atoms with Gasteiger partial charge in [-0.2, -0.15) is 0 Å². The zero-order valence-corrected chi connectivity index (χ0v) is 25.6. The van der Waals surface area contributed by atoms with Crippen molar-refractivity contribution in [1.82, 2.24) is 4.90 Å². The van der Waals surface area contributed by atoms with Crippen LogP contribution in [0.5, 0.6) is 0 Å². The van der Waals surface area contributed by atoms with E-state index < -0.39 is 28.5 Å². The van der Waals surface area contributed by atoms with E-state index in [1.54, 1.807) is 0 Å². The molecule has 1 heterocycles. The van der Waals surface area contributed by atoms with Crippen molar-refractivity contribution >= 4 is 12.3 Å². The maximum Gasteiger partial charge on any atom is 1.00 e. The van der Waals surface area contributed by atoms with Crippen LogP contribution in [0.4, 0.5) is 0 Å². The van der Waals surface area contributed by atoms with Gasteiger partial charge in [0, 0.05) is 23.9 Å². The van der Waals surface area contributed by atoms with Gasteiger partial charge in [-0.3, -0.25) is 4.90 Å². The summed E-state index contributed by atoms with van der Waals surface area (Å²) in [5.74, 6) is -0.0787. The number of aliphatic carboxylic acids is 1. The average Bonchev–Trinajstić information content (AvgIpc) is 3.34. The van der Waals surface area contributed by atoms with Crippen LogP contribution in [0.25, 0.3) is 0 Å². The summed E-state index contributed by atoms with van der Waals surface area (Å²) >= 11 is 0. The number of morpholine rings is 1. The van der Waals surface area contributed by atoms with Crippen molar-refractivity contribution < 1.29 is 53.7 Å². The number of carbonyl (C=O) groups excluding carboxylic acids is 2. The second kappa shape index (κ2) is 9.45. The molecule has 0 aromatic rings. The normalized spacial score (nSPS) is 45.8. The summed E-state index contributed by atoms with van der Waals surface area (Å²) in [7, 11) is 2.08. The minimum absolute atomic E-state index is 0. The van der Waals surface area contributed by atoms with Crippen molar-refractivity contribution in [2.24, 2.45) is 51.2 Å². The molecule has 196 valence electrons. The number of nitrogens with zero attached hydrogens (tertiary/aromatic N) is 1. The number of carboxylic acids is 1. The molecule has 9 atom stereocenters. The van der Waals surface area contributed by atoms with Crippen molar-refractivity contribution in [3.8, 4) is 0 Å². The molecule has 1 saturated heterocycles. The first kappa shape index (κ1) is 28.8. The molecule has 0 spiro atoms. The zero-order valence-electron chi connectivity index (χ0n) is 23.6. The molecule has 7 heteroatoms. The number of hydrogen-bond acceptors (Lipinski definition) is 6. The molecular formula is C29H44NNaO5. The summed E-state index contributed by atoms with van der Waals surface area (Å²) in [5.41, 5.74) is -1.99. The van der Waals surface area contributed by atoms with Crippen molar-refractivity contribution in [3.63, 3.8) is 0 Å². The SMILES string of the molecule is CC(C)C1=C[C@H]2C[C@@]3(C=O)[C@@H]4CC[C@@H](C)[C@H]4C[C@@]2(CO[C@H]2CN(C)CC(C(C)(C)C)O2)[C@]13C(=O)[O-].[Na+]. The predicted octanol–water partition coefficient (Wildman–Crippen LogP) is 0.300. The molecule has 36 heavy (non-hydrogen) atoms. The number of likely N-dealkylation sites (N-methyl/N-ethyl adjacent to an activating group) is 1. The summed E-state index contributed by atoms with van der Waals surface area (Å²) in [4.78, 5) is 28.8. The maximum atomic E-state index is 13.4. The minimum Gasteiger partial charge on any atom is -0.549 e. The summed E-state index contributed by atoms with van der Waals surface area (Å²) in [6.45, 7) is 14.7. The van der Waals surface area contributed by atoms with Crippen LogP contribution in [0.1, 0.15) is 67.2 Å². The Balaban J connectivity index is 0.00000304. The summed E-state index contributed by atoms with van der Waals surface area (Å²) < 4.78 is 13.0. The molecule has 0 N–H and O–H groups in total. The third-order valence-corrected chi connectivity index (χ3v) is 10.9. The molecule has 0 radical (unpaired) electrons. The number of aldehydes is 1. The molecular weight excluding hydrogens is 465 g/mol. The molecule has 1 unspecified atom stereocenters. The fourth-order valence-corrected chi connectivity index (χ4v) is 9.30. The Labute approximate surface area is 239 Å². The van der Waals surface area contributed by atoms with Gasteiger partial charge in [0.15, 0.2) is 6.29 Å². The second-order valence-corrected chi connectivity index (χ2v) is 13.9. The van der Waals surface area contributed by atoms with E-state index in [2.05, 4.69) is 59.6 Å². The van der Waals surface area contributed by atoms with Gasteiger partial charge in [0.25, 0.3) is 0 Å². The fraction of sp³-hybridized carbons (Fsp3) is 0.862. The molecule has 0 amide bonds. The minimum atomic E-state index is -1.30. The van der Waals surface area contributed by atoms with Gasteiger partial charge < -0.3 is 24.2 Å². The molecule has 1 aliphatic heterocycles. The number of carbonyl (C=O) groups is 2. The number of carboxylic acid groups (broad SMARTS) is 1. The van der Waals surface area contributed by atoms with E-state index in [1.165, 1.54) is 0 Å². The number of fused-ring (bicyclic) bond motifs is 2. The van der Waals surface area contributed by atoms with Gasteiger partial charge in [-0.05, 0) is 61.3 Å². The van der Waals surface area contributed by atoms with Crippen LogP contribution in [0.2, 0.25) is 0 Å². The smallest absolute Gasteiger partial charge is 0.549 e. The first-order valence-electron chi connectivity index (χ1n) is 13.7. The van der Waals surface area contributed by atoms with Crippen LogP contribution in [-0.2, 0) is 19.1 Å². The Kier molecular flexibility index (Phi) is 7.55. The standard InChI is InChI=1S/C29H45NO5.Na/c1-17(2)22-10-19-11-27(15-31)21-9-8-18(3)20(21)12-28(19,29(22,27)25(32)33)16-34-24-14-30(7)13-23(35-24)26(4,5)6;/h10,15,17-21,23-24H,8-9,11-14,16H2,1-7H3,(H,32,33);/q;+1/p-1/t18-,19+,20-,21-,23?,24-,27-,28+,29+;/m1./s1. The maximum absolute atomic E-state index is 13.4. The number of rotatable bonds is 6. The van der Waals surface area contributed by atoms with Crippen molar-refractivity contribution in [1.29, 1.82) is 0 Å². The fourth-order valence-electron chi connectivity index (χ4n) is 9.30. The van der Waals surface area contributed by atoms with Crippen molar-refractivity contribution in [2.45, 2.75) is 79.6 Å². The number of hydrogen-bond donors (Lipinski definition) is 0. The summed E-state index contributed by atoms with van der Waals surface area (Å²) in [5, 5.41) is 13.4. The first-order chi connectivity index (χ1) is 16.3. The summed E-state index contributed by atoms with van der Waals surface area (Å²) in [6, 6.07) is 0. The number of allylic oxidation sites excluding steroid dienone is 1. The van der Waals surface area contributed by atoms with E-state index in [0.29, 0.717) is 31.4 Å². The third-order valence-electron chi connectivity index (χ3n) is 10.9. The van der Waals surface area contributed by atoms with Crippen LogP contribution in [0, 0.1) is 51.2 Å². The second-order valence-electron chi connectivity index (χ2n) is 13.9. The topological polar surface area (TPSA) is 78.9 Å². The Morgan fingerprint density at radius 3 is 2.56 bits per heavy atom. The quantitative estimate of drug-likeness (QED) is 0.291. The molecule has 6 nitrogen and oxygen atoms in total. The van der Waals surface area contributed by atoms with E-state index in [9.17, 15) is 14.7 Å². The van der Waals surface area contributed by atoms with Gasteiger partial charge in [-0.25, -0.2) is 0 Å².